The quantitative estimate of drug-likeness (QED) is 0.619. The number of hydrogen-bond donors (Lipinski definition) is 0. The zero-order chi connectivity index (χ0) is 21.6. The Hall–Kier alpha value is -3.49. The van der Waals surface area contributed by atoms with Gasteiger partial charge in [-0.2, -0.15) is 10.1 Å². The maximum absolute atomic E-state index is 13.4. The van der Waals surface area contributed by atoms with E-state index in [0.717, 1.165) is 10.3 Å². The summed E-state index contributed by atoms with van der Waals surface area (Å²) in [7, 11) is 1.60. The summed E-state index contributed by atoms with van der Waals surface area (Å²) in [5, 5.41) is 6.33. The number of aryl methyl sites for hydroxylation is 1. The number of aromatic nitrogens is 4. The molecule has 4 rings (SSSR count). The summed E-state index contributed by atoms with van der Waals surface area (Å²) < 4.78 is 17.6. The van der Waals surface area contributed by atoms with Crippen LogP contribution in [0, 0.1) is 5.82 Å². The molecule has 1 aromatic carbocycles. The standard InChI is InChI=1S/C21H23FN6O2/c1-5-6-11-27-20-23-18-17(28(20)14(3)13(2)24-27)19(29)26(21(30)25(18)4)12-15-7-9-16(22)10-8-15/h5-10,14H,11-12H2,1-4H3/b6-5+/t14-/m1/s1. The Morgan fingerprint density at radius 1 is 1.20 bits per heavy atom. The monoisotopic (exact) mass is 410 g/mol. The molecule has 3 heterocycles. The molecule has 1 atom stereocenters. The SMILES string of the molecule is C/C=C/CN1N=C(C)[C@@H](C)n2c1nc1c2c(=O)n(Cc2ccc(F)cc2)c(=O)n1C. The van der Waals surface area contributed by atoms with Crippen molar-refractivity contribution in [1.29, 1.82) is 0 Å². The topological polar surface area (TPSA) is 77.4 Å². The van der Waals surface area contributed by atoms with E-state index in [2.05, 4.69) is 10.1 Å². The molecule has 1 aliphatic heterocycles. The van der Waals surface area contributed by atoms with Crippen molar-refractivity contribution in [1.82, 2.24) is 18.7 Å². The number of nitrogens with zero attached hydrogens (tertiary/aromatic N) is 6. The van der Waals surface area contributed by atoms with E-state index in [-0.39, 0.29) is 18.4 Å². The summed E-state index contributed by atoms with van der Waals surface area (Å²) in [5.41, 5.74) is 1.26. The molecule has 0 aliphatic carbocycles. The van der Waals surface area contributed by atoms with Crippen LogP contribution in [-0.2, 0) is 13.6 Å². The molecule has 0 fully saturated rings. The Morgan fingerprint density at radius 3 is 2.57 bits per heavy atom. The van der Waals surface area contributed by atoms with Crippen molar-refractivity contribution in [2.45, 2.75) is 33.4 Å². The maximum Gasteiger partial charge on any atom is 0.332 e. The number of hydrazone groups is 1. The number of halogens is 1. The van der Waals surface area contributed by atoms with Crippen LogP contribution in [0.4, 0.5) is 10.3 Å². The molecule has 0 saturated carbocycles. The maximum atomic E-state index is 13.4. The average Bonchev–Trinajstić information content (AvgIpc) is 3.14. The lowest BCUT2D eigenvalue weighted by Gasteiger charge is -2.28. The lowest BCUT2D eigenvalue weighted by Crippen LogP contribution is -2.40. The second-order valence-electron chi connectivity index (χ2n) is 7.38. The van der Waals surface area contributed by atoms with Crippen molar-refractivity contribution in [3.63, 3.8) is 0 Å². The summed E-state index contributed by atoms with van der Waals surface area (Å²) in [4.78, 5) is 31.0. The largest absolute Gasteiger partial charge is 0.332 e. The summed E-state index contributed by atoms with van der Waals surface area (Å²) in [6.07, 6.45) is 3.86. The van der Waals surface area contributed by atoms with E-state index in [4.69, 9.17) is 0 Å². The molecule has 9 heteroatoms. The molecule has 3 aromatic rings. The van der Waals surface area contributed by atoms with Gasteiger partial charge in [0.05, 0.1) is 24.8 Å². The van der Waals surface area contributed by atoms with Crippen LogP contribution >= 0.6 is 0 Å². The molecule has 0 radical (unpaired) electrons. The summed E-state index contributed by atoms with van der Waals surface area (Å²) in [6, 6.07) is 5.57. The second-order valence-corrected chi connectivity index (χ2v) is 7.38. The first kappa shape index (κ1) is 19.8. The fraction of sp³-hybridized carbons (Fsp3) is 0.333. The van der Waals surface area contributed by atoms with Gasteiger partial charge in [0.25, 0.3) is 5.56 Å². The van der Waals surface area contributed by atoms with Crippen LogP contribution in [0.2, 0.25) is 0 Å². The third-order valence-corrected chi connectivity index (χ3v) is 5.43. The van der Waals surface area contributed by atoms with Crippen LogP contribution in [0.1, 0.15) is 32.4 Å². The van der Waals surface area contributed by atoms with Gasteiger partial charge in [-0.15, -0.1) is 0 Å². The van der Waals surface area contributed by atoms with Crippen molar-refractivity contribution >= 4 is 22.8 Å². The number of rotatable bonds is 4. The zero-order valence-electron chi connectivity index (χ0n) is 17.3. The Bertz CT molecular complexity index is 1300. The number of allylic oxidation sites excluding steroid dienone is 1. The second kappa shape index (κ2) is 7.40. The molecule has 1 aliphatic rings. The molecule has 30 heavy (non-hydrogen) atoms. The minimum atomic E-state index is -0.474. The highest BCUT2D eigenvalue weighted by Crippen LogP contribution is 2.29. The summed E-state index contributed by atoms with van der Waals surface area (Å²) in [6.45, 7) is 6.32. The number of imidazole rings is 1. The molecule has 0 bridgehead atoms. The third kappa shape index (κ3) is 3.06. The van der Waals surface area contributed by atoms with Crippen molar-refractivity contribution in [3.05, 3.63) is 68.6 Å². The molecule has 8 nitrogen and oxygen atoms in total. The molecule has 0 saturated heterocycles. The van der Waals surface area contributed by atoms with Crippen molar-refractivity contribution in [3.8, 4) is 0 Å². The van der Waals surface area contributed by atoms with Crippen LogP contribution in [0.15, 0.2) is 51.1 Å². The zero-order valence-corrected chi connectivity index (χ0v) is 17.3. The average molecular weight is 410 g/mol. The number of hydrogen-bond acceptors (Lipinski definition) is 5. The minimum Gasteiger partial charge on any atom is -0.294 e. The molecule has 2 aromatic heterocycles. The summed E-state index contributed by atoms with van der Waals surface area (Å²) >= 11 is 0. The van der Waals surface area contributed by atoms with Gasteiger partial charge in [0.1, 0.15) is 5.82 Å². The van der Waals surface area contributed by atoms with Crippen LogP contribution in [0.25, 0.3) is 11.2 Å². The van der Waals surface area contributed by atoms with Gasteiger partial charge < -0.3 is 0 Å². The van der Waals surface area contributed by atoms with Gasteiger partial charge >= 0.3 is 5.69 Å². The Kier molecular flexibility index (Phi) is 4.89. The van der Waals surface area contributed by atoms with Gasteiger partial charge in [0.15, 0.2) is 11.2 Å². The molecule has 0 spiro atoms. The van der Waals surface area contributed by atoms with Crippen molar-refractivity contribution in [2.75, 3.05) is 11.6 Å². The van der Waals surface area contributed by atoms with Gasteiger partial charge in [-0.05, 0) is 38.5 Å². The highest BCUT2D eigenvalue weighted by molar-refractivity contribution is 5.91. The van der Waals surface area contributed by atoms with E-state index in [1.54, 1.807) is 24.2 Å². The molecule has 0 N–H and O–H groups in total. The normalized spacial score (nSPS) is 16.4. The summed E-state index contributed by atoms with van der Waals surface area (Å²) in [5.74, 6) is 0.150. The lowest BCUT2D eigenvalue weighted by molar-refractivity contribution is 0.621. The third-order valence-electron chi connectivity index (χ3n) is 5.43. The molecular weight excluding hydrogens is 387 g/mol. The van der Waals surface area contributed by atoms with Gasteiger partial charge in [-0.25, -0.2) is 14.2 Å². The van der Waals surface area contributed by atoms with Gasteiger partial charge in [-0.3, -0.25) is 18.5 Å². The van der Waals surface area contributed by atoms with Gasteiger partial charge in [0.2, 0.25) is 5.95 Å². The van der Waals surface area contributed by atoms with Crippen molar-refractivity contribution < 1.29 is 4.39 Å². The molecule has 0 amide bonds. The van der Waals surface area contributed by atoms with Crippen LogP contribution < -0.4 is 16.3 Å². The van der Waals surface area contributed by atoms with Crippen LogP contribution in [-0.4, -0.2) is 30.9 Å². The molecule has 0 unspecified atom stereocenters. The fourth-order valence-corrected chi connectivity index (χ4v) is 3.62. The number of benzene rings is 1. The van der Waals surface area contributed by atoms with E-state index in [9.17, 15) is 14.0 Å². The number of fused-ring (bicyclic) bond motifs is 3. The Balaban J connectivity index is 1.95. The predicted molar refractivity (Wildman–Crippen MR) is 115 cm³/mol. The number of anilines is 1. The van der Waals surface area contributed by atoms with E-state index in [1.165, 1.54) is 16.7 Å². The smallest absolute Gasteiger partial charge is 0.294 e. The first-order chi connectivity index (χ1) is 14.3. The van der Waals surface area contributed by atoms with E-state index >= 15 is 0 Å². The Morgan fingerprint density at radius 2 is 1.90 bits per heavy atom. The van der Waals surface area contributed by atoms with Gasteiger partial charge in [0, 0.05) is 7.05 Å². The van der Waals surface area contributed by atoms with Crippen molar-refractivity contribution in [2.24, 2.45) is 12.1 Å². The highest BCUT2D eigenvalue weighted by Gasteiger charge is 2.30. The fourth-order valence-electron chi connectivity index (χ4n) is 3.62. The lowest BCUT2D eigenvalue weighted by atomic mass is 10.2. The Labute approximate surface area is 172 Å². The van der Waals surface area contributed by atoms with Gasteiger partial charge in [-0.1, -0.05) is 24.3 Å². The molecular formula is C21H23FN6O2. The highest BCUT2D eigenvalue weighted by atomic mass is 19.1. The first-order valence-electron chi connectivity index (χ1n) is 9.73. The minimum absolute atomic E-state index is 0.0476. The van der Waals surface area contributed by atoms with E-state index < -0.39 is 11.2 Å². The first-order valence-corrected chi connectivity index (χ1v) is 9.73. The van der Waals surface area contributed by atoms with E-state index in [0.29, 0.717) is 29.2 Å². The van der Waals surface area contributed by atoms with Crippen LogP contribution in [0.5, 0.6) is 0 Å². The molecule has 156 valence electrons. The van der Waals surface area contributed by atoms with E-state index in [1.807, 2.05) is 37.5 Å². The predicted octanol–water partition coefficient (Wildman–Crippen LogP) is 2.42. The van der Waals surface area contributed by atoms with Crippen LogP contribution in [0.3, 0.4) is 0 Å².